The van der Waals surface area contributed by atoms with Gasteiger partial charge in [-0.3, -0.25) is 0 Å². The fraction of sp³-hybridized carbons (Fsp3) is 0.357. The number of nitrogens with zero attached hydrogens (tertiary/aromatic N) is 3. The maximum absolute atomic E-state index is 5.60. The first-order chi connectivity index (χ1) is 9.09. The van der Waals surface area contributed by atoms with E-state index in [0.717, 1.165) is 23.1 Å². The summed E-state index contributed by atoms with van der Waals surface area (Å²) in [5.41, 5.74) is 5.60. The van der Waals surface area contributed by atoms with Crippen LogP contribution in [0.4, 0.5) is 5.82 Å². The number of hydrogen-bond acceptors (Lipinski definition) is 4. The second-order valence-corrected chi connectivity index (χ2v) is 5.28. The molecule has 2 aromatic rings. The van der Waals surface area contributed by atoms with Gasteiger partial charge in [0.25, 0.3) is 0 Å². The molecule has 0 aliphatic rings. The van der Waals surface area contributed by atoms with Crippen molar-refractivity contribution in [3.63, 3.8) is 0 Å². The van der Waals surface area contributed by atoms with Gasteiger partial charge in [-0.05, 0) is 13.8 Å². The number of rotatable bonds is 5. The number of nitrogens with two attached hydrogens (primary N) is 1. The molecule has 0 fully saturated rings. The van der Waals surface area contributed by atoms with Gasteiger partial charge < -0.3 is 10.6 Å². The van der Waals surface area contributed by atoms with E-state index in [9.17, 15) is 0 Å². The molecule has 0 aliphatic heterocycles. The van der Waals surface area contributed by atoms with Gasteiger partial charge >= 0.3 is 0 Å². The molecule has 5 heteroatoms. The van der Waals surface area contributed by atoms with E-state index in [1.807, 2.05) is 18.2 Å². The molecule has 1 heterocycles. The minimum atomic E-state index is 0.314. The molecule has 0 unspecified atom stereocenters. The van der Waals surface area contributed by atoms with Crippen LogP contribution in [0.3, 0.4) is 0 Å². The first kappa shape index (κ1) is 13.7. The van der Waals surface area contributed by atoms with Crippen LogP contribution in [0, 0.1) is 0 Å². The fourth-order valence-corrected chi connectivity index (χ4v) is 2.16. The van der Waals surface area contributed by atoms with Gasteiger partial charge in [0.2, 0.25) is 0 Å². The third-order valence-corrected chi connectivity index (χ3v) is 3.25. The first-order valence-corrected chi connectivity index (χ1v) is 6.76. The molecule has 2 N–H and O–H groups in total. The molecule has 2 rings (SSSR count). The Morgan fingerprint density at radius 3 is 2.79 bits per heavy atom. The zero-order valence-electron chi connectivity index (χ0n) is 11.2. The molecular weight excluding hydrogens is 256 g/mol. The average Bonchev–Trinajstić information content (AvgIpc) is 2.38. The molecule has 0 atom stereocenters. The van der Waals surface area contributed by atoms with Crippen LogP contribution in [0.5, 0.6) is 0 Å². The van der Waals surface area contributed by atoms with E-state index in [-0.39, 0.29) is 0 Å². The number of fused-ring (bicyclic) bond motifs is 1. The molecule has 4 nitrogen and oxygen atoms in total. The van der Waals surface area contributed by atoms with Crippen LogP contribution in [0.2, 0.25) is 0 Å². The van der Waals surface area contributed by atoms with Gasteiger partial charge in [0.05, 0.1) is 11.2 Å². The molecule has 0 bridgehead atoms. The van der Waals surface area contributed by atoms with Gasteiger partial charge in [0, 0.05) is 29.8 Å². The lowest BCUT2D eigenvalue weighted by molar-refractivity contribution is 0.678. The van der Waals surface area contributed by atoms with E-state index < -0.39 is 0 Å². The Bertz CT molecular complexity index is 577. The van der Waals surface area contributed by atoms with E-state index >= 15 is 0 Å². The fourth-order valence-electron chi connectivity index (χ4n) is 2.06. The van der Waals surface area contributed by atoms with Crippen LogP contribution in [0.25, 0.3) is 10.8 Å². The highest BCUT2D eigenvalue weighted by molar-refractivity contribution is 7.80. The van der Waals surface area contributed by atoms with Gasteiger partial charge in [0.1, 0.15) is 0 Å². The van der Waals surface area contributed by atoms with Crippen LogP contribution >= 0.6 is 12.2 Å². The van der Waals surface area contributed by atoms with Crippen molar-refractivity contribution in [3.05, 3.63) is 30.5 Å². The number of hydrogen-bond donors (Lipinski definition) is 1. The monoisotopic (exact) mass is 274 g/mol. The summed E-state index contributed by atoms with van der Waals surface area (Å²) in [5.74, 6) is 0.893. The summed E-state index contributed by atoms with van der Waals surface area (Å²) < 4.78 is 0. The highest BCUT2D eigenvalue weighted by Crippen LogP contribution is 2.24. The summed E-state index contributed by atoms with van der Waals surface area (Å²) in [6.45, 7) is 5.02. The molecule has 1 aromatic carbocycles. The summed E-state index contributed by atoms with van der Waals surface area (Å²) in [7, 11) is 0. The van der Waals surface area contributed by atoms with Crippen LogP contribution in [0.1, 0.15) is 20.3 Å². The third kappa shape index (κ3) is 3.17. The molecule has 0 spiro atoms. The van der Waals surface area contributed by atoms with E-state index in [4.69, 9.17) is 18.0 Å². The Morgan fingerprint density at radius 2 is 2.11 bits per heavy atom. The lowest BCUT2D eigenvalue weighted by atomic mass is 10.1. The van der Waals surface area contributed by atoms with Crippen molar-refractivity contribution in [1.82, 2.24) is 10.2 Å². The third-order valence-electron chi connectivity index (χ3n) is 3.05. The molecule has 0 amide bonds. The van der Waals surface area contributed by atoms with Gasteiger partial charge in [-0.1, -0.05) is 36.5 Å². The van der Waals surface area contributed by atoms with E-state index in [0.29, 0.717) is 17.5 Å². The summed E-state index contributed by atoms with van der Waals surface area (Å²) in [6.07, 6.45) is 2.46. The number of anilines is 1. The highest BCUT2D eigenvalue weighted by Gasteiger charge is 2.15. The summed E-state index contributed by atoms with van der Waals surface area (Å²) in [6, 6.07) is 8.44. The second-order valence-electron chi connectivity index (χ2n) is 4.76. The van der Waals surface area contributed by atoms with E-state index in [2.05, 4.69) is 35.0 Å². The lowest BCUT2D eigenvalue weighted by Gasteiger charge is -2.28. The maximum Gasteiger partial charge on any atom is 0.159 e. The summed E-state index contributed by atoms with van der Waals surface area (Å²) in [4.78, 5) is 2.72. The Morgan fingerprint density at radius 1 is 1.37 bits per heavy atom. The van der Waals surface area contributed by atoms with Crippen molar-refractivity contribution in [2.45, 2.75) is 26.3 Å². The highest BCUT2D eigenvalue weighted by atomic mass is 32.1. The lowest BCUT2D eigenvalue weighted by Crippen LogP contribution is -2.34. The smallest absolute Gasteiger partial charge is 0.159 e. The Labute approximate surface area is 118 Å². The minimum absolute atomic E-state index is 0.314. The van der Waals surface area contributed by atoms with Gasteiger partial charge in [-0.2, -0.15) is 5.10 Å². The van der Waals surface area contributed by atoms with Crippen LogP contribution in [-0.4, -0.2) is 27.8 Å². The van der Waals surface area contributed by atoms with Crippen molar-refractivity contribution < 1.29 is 0 Å². The predicted molar refractivity (Wildman–Crippen MR) is 83.4 cm³/mol. The Balaban J connectivity index is 2.41. The van der Waals surface area contributed by atoms with Crippen LogP contribution in [0.15, 0.2) is 30.5 Å². The minimum Gasteiger partial charge on any atom is -0.393 e. The van der Waals surface area contributed by atoms with Crippen molar-refractivity contribution in [2.24, 2.45) is 5.73 Å². The SMILES string of the molecule is CC(C)N(CCC(N)=S)c1nncc2ccccc12. The van der Waals surface area contributed by atoms with Crippen molar-refractivity contribution in [3.8, 4) is 0 Å². The average molecular weight is 274 g/mol. The molecule has 1 aromatic heterocycles. The van der Waals surface area contributed by atoms with E-state index in [1.54, 1.807) is 6.20 Å². The largest absolute Gasteiger partial charge is 0.393 e. The van der Waals surface area contributed by atoms with E-state index in [1.165, 1.54) is 0 Å². The second kappa shape index (κ2) is 5.93. The summed E-state index contributed by atoms with van der Waals surface area (Å²) in [5, 5.41) is 10.6. The topological polar surface area (TPSA) is 55.0 Å². The van der Waals surface area contributed by atoms with Crippen LogP contribution in [-0.2, 0) is 0 Å². The molecule has 19 heavy (non-hydrogen) atoms. The Kier molecular flexibility index (Phi) is 4.27. The zero-order chi connectivity index (χ0) is 13.8. The van der Waals surface area contributed by atoms with Crippen molar-refractivity contribution in [1.29, 1.82) is 0 Å². The van der Waals surface area contributed by atoms with Gasteiger partial charge in [-0.15, -0.1) is 5.10 Å². The molecule has 0 saturated carbocycles. The normalized spacial score (nSPS) is 10.9. The van der Waals surface area contributed by atoms with Crippen molar-refractivity contribution in [2.75, 3.05) is 11.4 Å². The first-order valence-electron chi connectivity index (χ1n) is 6.35. The standard InChI is InChI=1S/C14H18N4S/c1-10(2)18(8-7-13(15)19)14-12-6-4-3-5-11(12)9-16-17-14/h3-6,9-10H,7-8H2,1-2H3,(H2,15,19). The molecule has 0 aliphatic carbocycles. The Hall–Kier alpha value is -1.75. The quantitative estimate of drug-likeness (QED) is 0.849. The molecular formula is C14H18N4S. The van der Waals surface area contributed by atoms with Gasteiger partial charge in [-0.25, -0.2) is 0 Å². The molecule has 0 radical (unpaired) electrons. The van der Waals surface area contributed by atoms with Gasteiger partial charge in [0.15, 0.2) is 5.82 Å². The number of aromatic nitrogens is 2. The molecule has 0 saturated heterocycles. The number of benzene rings is 1. The predicted octanol–water partition coefficient (Wildman–Crippen LogP) is 2.52. The maximum atomic E-state index is 5.60. The number of thiocarbonyl (C=S) groups is 1. The summed E-state index contributed by atoms with van der Waals surface area (Å²) >= 11 is 4.96. The zero-order valence-corrected chi connectivity index (χ0v) is 12.0. The molecule has 100 valence electrons. The van der Waals surface area contributed by atoms with Crippen LogP contribution < -0.4 is 10.6 Å². The van der Waals surface area contributed by atoms with Crippen molar-refractivity contribution >= 4 is 33.8 Å².